The Bertz CT molecular complexity index is 166. The van der Waals surface area contributed by atoms with Gasteiger partial charge in [-0.3, -0.25) is 0 Å². The molecule has 1 aliphatic rings. The molecule has 0 saturated carbocycles. The number of unbranched alkanes of at least 4 members (excludes halogenated alkanes) is 1. The lowest BCUT2D eigenvalue weighted by atomic mass is 10.1. The molecule has 50 valence electrons. The quantitative estimate of drug-likeness (QED) is 0.541. The second kappa shape index (κ2) is 3.49. The zero-order chi connectivity index (χ0) is 7.40. The van der Waals surface area contributed by atoms with Crippen molar-refractivity contribution in [1.82, 2.24) is 0 Å². The van der Waals surface area contributed by atoms with Crippen molar-refractivity contribution in [2.24, 2.45) is 0 Å². The van der Waals surface area contributed by atoms with E-state index in [0.29, 0.717) is 0 Å². The highest BCUT2D eigenvalue weighted by molar-refractivity contribution is 5.25. The summed E-state index contributed by atoms with van der Waals surface area (Å²) in [6, 6.07) is 0.827. The number of hydrogen-bond acceptors (Lipinski definition) is 0. The van der Waals surface area contributed by atoms with Gasteiger partial charge in [0.1, 0.15) is 0 Å². The second-order valence-electron chi connectivity index (χ2n) is 2.41. The summed E-state index contributed by atoms with van der Waals surface area (Å²) in [5.74, 6) is 0. The van der Waals surface area contributed by atoms with Crippen LogP contribution in [0.2, 0.25) is 0 Å². The fourth-order valence-electron chi connectivity index (χ4n) is 0.989. The van der Waals surface area contributed by atoms with E-state index in [1.165, 1.54) is 18.4 Å². The van der Waals surface area contributed by atoms with E-state index >= 15 is 0 Å². The Labute approximate surface area is 58.7 Å². The van der Waals surface area contributed by atoms with Gasteiger partial charge in [0.05, 0.1) is 1.37 Å². The van der Waals surface area contributed by atoms with Crippen LogP contribution in [0, 0.1) is 0 Å². The third kappa shape index (κ3) is 2.05. The molecule has 0 saturated heterocycles. The van der Waals surface area contributed by atoms with Crippen LogP contribution in [0.5, 0.6) is 0 Å². The Morgan fingerprint density at radius 3 is 3.22 bits per heavy atom. The van der Waals surface area contributed by atoms with Gasteiger partial charge in [-0.1, -0.05) is 37.1 Å². The lowest BCUT2D eigenvalue weighted by Crippen LogP contribution is -1.74. The van der Waals surface area contributed by atoms with Crippen LogP contribution in [0.1, 0.15) is 34.0 Å². The van der Waals surface area contributed by atoms with Gasteiger partial charge in [0, 0.05) is 0 Å². The third-order valence-electron chi connectivity index (χ3n) is 1.57. The Balaban J connectivity index is 2.38. The molecule has 0 aliphatic heterocycles. The molecule has 0 radical (unpaired) electrons. The molecule has 0 atom stereocenters. The number of hydrogen-bond donors (Lipinski definition) is 0. The molecule has 0 aromatic carbocycles. The summed E-state index contributed by atoms with van der Waals surface area (Å²) < 4.78 is 7.48. The SMILES string of the molecule is [2H]C1=C(CCCC)C=CC1. The molecule has 0 aromatic rings. The summed E-state index contributed by atoms with van der Waals surface area (Å²) in [4.78, 5) is 0. The summed E-state index contributed by atoms with van der Waals surface area (Å²) in [5.41, 5.74) is 1.25. The van der Waals surface area contributed by atoms with Gasteiger partial charge in [0.2, 0.25) is 0 Å². The minimum Gasteiger partial charge on any atom is -0.0805 e. The van der Waals surface area contributed by atoms with Gasteiger partial charge < -0.3 is 0 Å². The zero-order valence-corrected chi connectivity index (χ0v) is 5.98. The van der Waals surface area contributed by atoms with Gasteiger partial charge in [-0.15, -0.1) is 0 Å². The molecule has 9 heavy (non-hydrogen) atoms. The van der Waals surface area contributed by atoms with Gasteiger partial charge in [-0.25, -0.2) is 0 Å². The van der Waals surface area contributed by atoms with Crippen molar-refractivity contribution in [1.29, 1.82) is 0 Å². The van der Waals surface area contributed by atoms with Crippen LogP contribution in [-0.2, 0) is 0 Å². The van der Waals surface area contributed by atoms with Gasteiger partial charge >= 0.3 is 0 Å². The smallest absolute Gasteiger partial charge is 0.0582 e. The molecule has 1 rings (SSSR count). The summed E-state index contributed by atoms with van der Waals surface area (Å²) in [7, 11) is 0. The van der Waals surface area contributed by atoms with Gasteiger partial charge in [-0.05, 0) is 19.3 Å². The summed E-state index contributed by atoms with van der Waals surface area (Å²) in [6.07, 6.45) is 8.59. The van der Waals surface area contributed by atoms with Crippen molar-refractivity contribution < 1.29 is 1.37 Å². The van der Waals surface area contributed by atoms with E-state index in [9.17, 15) is 0 Å². The van der Waals surface area contributed by atoms with E-state index < -0.39 is 0 Å². The molecule has 0 bridgehead atoms. The maximum atomic E-state index is 7.48. The van der Waals surface area contributed by atoms with E-state index in [1.807, 2.05) is 0 Å². The van der Waals surface area contributed by atoms with Crippen molar-refractivity contribution >= 4 is 0 Å². The molecular weight excluding hydrogens is 108 g/mol. The number of allylic oxidation sites excluding steroid dienone is 4. The fourth-order valence-corrected chi connectivity index (χ4v) is 0.989. The van der Waals surface area contributed by atoms with Crippen LogP contribution in [-0.4, -0.2) is 0 Å². The van der Waals surface area contributed by atoms with Crippen molar-refractivity contribution in [3.8, 4) is 0 Å². The molecule has 0 fully saturated rings. The third-order valence-corrected chi connectivity index (χ3v) is 1.57. The maximum Gasteiger partial charge on any atom is 0.0582 e. The molecule has 0 heterocycles. The van der Waals surface area contributed by atoms with Crippen LogP contribution in [0.3, 0.4) is 0 Å². The van der Waals surface area contributed by atoms with Gasteiger partial charge in [-0.2, -0.15) is 0 Å². The second-order valence-corrected chi connectivity index (χ2v) is 2.41. The molecular formula is C9H14. The van der Waals surface area contributed by atoms with E-state index in [2.05, 4.69) is 19.1 Å². The van der Waals surface area contributed by atoms with Gasteiger partial charge in [0.25, 0.3) is 0 Å². The molecule has 0 N–H and O–H groups in total. The van der Waals surface area contributed by atoms with E-state index in [1.54, 1.807) is 0 Å². The highest BCUT2D eigenvalue weighted by atomic mass is 14.0. The first-order chi connectivity index (χ1) is 4.84. The van der Waals surface area contributed by atoms with Crippen LogP contribution >= 0.6 is 0 Å². The summed E-state index contributed by atoms with van der Waals surface area (Å²) in [5, 5.41) is 0. The van der Waals surface area contributed by atoms with Crippen molar-refractivity contribution in [3.05, 3.63) is 23.8 Å². The lowest BCUT2D eigenvalue weighted by Gasteiger charge is -1.94. The van der Waals surface area contributed by atoms with E-state index in [4.69, 9.17) is 1.37 Å². The normalized spacial score (nSPS) is 19.0. The average Bonchev–Trinajstić information content (AvgIpc) is 2.31. The van der Waals surface area contributed by atoms with Crippen LogP contribution < -0.4 is 0 Å². The van der Waals surface area contributed by atoms with Crippen molar-refractivity contribution in [3.63, 3.8) is 0 Å². The maximum absolute atomic E-state index is 7.48. The van der Waals surface area contributed by atoms with Crippen LogP contribution in [0.25, 0.3) is 0 Å². The minimum atomic E-state index is 0.827. The van der Waals surface area contributed by atoms with E-state index in [-0.39, 0.29) is 0 Å². The largest absolute Gasteiger partial charge is 0.0805 e. The topological polar surface area (TPSA) is 0 Å². The van der Waals surface area contributed by atoms with Gasteiger partial charge in [0.15, 0.2) is 0 Å². The molecule has 0 amide bonds. The van der Waals surface area contributed by atoms with Crippen molar-refractivity contribution in [2.75, 3.05) is 0 Å². The first-order valence-corrected chi connectivity index (χ1v) is 3.69. The highest BCUT2D eigenvalue weighted by Crippen LogP contribution is 2.14. The number of rotatable bonds is 3. The first kappa shape index (κ1) is 5.28. The molecule has 0 heteroatoms. The van der Waals surface area contributed by atoms with Crippen molar-refractivity contribution in [2.45, 2.75) is 32.6 Å². The fraction of sp³-hybridized carbons (Fsp3) is 0.556. The molecule has 0 aromatic heterocycles. The monoisotopic (exact) mass is 123 g/mol. The Hall–Kier alpha value is -0.520. The Kier molecular flexibility index (Phi) is 2.05. The standard InChI is InChI=1S/C9H14/c1-2-3-6-9-7-4-5-8-9/h4,7-8H,2-3,5-6H2,1H3/i8D. The van der Waals surface area contributed by atoms with Crippen LogP contribution in [0.4, 0.5) is 0 Å². The lowest BCUT2D eigenvalue weighted by molar-refractivity contribution is 0.798. The highest BCUT2D eigenvalue weighted by Gasteiger charge is 1.94. The first-order valence-electron chi connectivity index (χ1n) is 4.19. The predicted molar refractivity (Wildman–Crippen MR) is 41.4 cm³/mol. The predicted octanol–water partition coefficient (Wildman–Crippen LogP) is 3.06. The zero-order valence-electron chi connectivity index (χ0n) is 6.98. The average molecular weight is 123 g/mol. The summed E-state index contributed by atoms with van der Waals surface area (Å²) >= 11 is 0. The summed E-state index contributed by atoms with van der Waals surface area (Å²) in [6.45, 7) is 2.18. The molecule has 0 unspecified atom stereocenters. The molecule has 0 nitrogen and oxygen atoms in total. The van der Waals surface area contributed by atoms with Crippen LogP contribution in [0.15, 0.2) is 23.8 Å². The minimum absolute atomic E-state index is 0.827. The van der Waals surface area contributed by atoms with E-state index in [0.717, 1.165) is 18.9 Å². The Morgan fingerprint density at radius 1 is 1.78 bits per heavy atom. The Morgan fingerprint density at radius 2 is 2.67 bits per heavy atom. The molecule has 0 spiro atoms. The molecule has 1 aliphatic carbocycles.